The van der Waals surface area contributed by atoms with E-state index in [-0.39, 0.29) is 0 Å². The number of nitrogens with zero attached hydrogens (tertiary/aromatic N) is 1. The van der Waals surface area contributed by atoms with Gasteiger partial charge in [0, 0.05) is 18.3 Å². The molecule has 3 nitrogen and oxygen atoms in total. The van der Waals surface area contributed by atoms with Crippen LogP contribution in [0.25, 0.3) is 0 Å². The maximum absolute atomic E-state index is 5.81. The lowest BCUT2D eigenvalue weighted by Crippen LogP contribution is -2.14. The van der Waals surface area contributed by atoms with Crippen LogP contribution in [0.5, 0.6) is 0 Å². The Kier molecular flexibility index (Phi) is 3.59. The first kappa shape index (κ1) is 10.9. The van der Waals surface area contributed by atoms with Crippen LogP contribution >= 0.6 is 23.4 Å². The molecule has 1 saturated heterocycles. The van der Waals surface area contributed by atoms with Crippen LogP contribution in [-0.4, -0.2) is 23.0 Å². The molecule has 5 heteroatoms. The van der Waals surface area contributed by atoms with E-state index in [1.54, 1.807) is 6.07 Å². The molecule has 0 bridgehead atoms. The molecule has 15 heavy (non-hydrogen) atoms. The molecule has 1 aliphatic heterocycles. The molecule has 0 aromatic carbocycles. The van der Waals surface area contributed by atoms with Gasteiger partial charge >= 0.3 is 0 Å². The van der Waals surface area contributed by atoms with Gasteiger partial charge in [-0.1, -0.05) is 11.6 Å². The van der Waals surface area contributed by atoms with Gasteiger partial charge < -0.3 is 11.1 Å². The van der Waals surface area contributed by atoms with E-state index in [4.69, 9.17) is 17.3 Å². The van der Waals surface area contributed by atoms with E-state index < -0.39 is 0 Å². The molecule has 0 saturated carbocycles. The van der Waals surface area contributed by atoms with Crippen LogP contribution in [0.2, 0.25) is 5.15 Å². The zero-order chi connectivity index (χ0) is 10.7. The molecule has 0 aliphatic carbocycles. The van der Waals surface area contributed by atoms with Crippen LogP contribution in [0.4, 0.5) is 11.5 Å². The lowest BCUT2D eigenvalue weighted by Gasteiger charge is -2.11. The predicted octanol–water partition coefficient (Wildman–Crippen LogP) is 2.48. The average Bonchev–Trinajstić information content (AvgIpc) is 2.65. The fourth-order valence-corrected chi connectivity index (χ4v) is 3.10. The quantitative estimate of drug-likeness (QED) is 0.801. The van der Waals surface area contributed by atoms with Gasteiger partial charge in [0.25, 0.3) is 0 Å². The largest absolute Gasteiger partial charge is 0.399 e. The summed E-state index contributed by atoms with van der Waals surface area (Å²) in [6.45, 7) is 0.958. The molecule has 0 amide bonds. The Bertz CT molecular complexity index is 319. The summed E-state index contributed by atoms with van der Waals surface area (Å²) in [4.78, 5) is 4.16. The van der Waals surface area contributed by atoms with Crippen molar-refractivity contribution in [3.05, 3.63) is 17.3 Å². The van der Waals surface area contributed by atoms with Crippen molar-refractivity contribution in [2.75, 3.05) is 29.1 Å². The molecule has 1 aliphatic rings. The molecule has 82 valence electrons. The normalized spacial score (nSPS) is 20.5. The molecule has 1 aromatic heterocycles. The summed E-state index contributed by atoms with van der Waals surface area (Å²) in [6, 6.07) is 3.46. The van der Waals surface area contributed by atoms with E-state index in [2.05, 4.69) is 10.3 Å². The Labute approximate surface area is 98.8 Å². The van der Waals surface area contributed by atoms with Crippen molar-refractivity contribution < 1.29 is 0 Å². The molecular formula is C10H14ClN3S. The van der Waals surface area contributed by atoms with Crippen molar-refractivity contribution in [2.45, 2.75) is 6.42 Å². The minimum atomic E-state index is 0.443. The van der Waals surface area contributed by atoms with E-state index in [9.17, 15) is 0 Å². The van der Waals surface area contributed by atoms with Crippen molar-refractivity contribution in [2.24, 2.45) is 5.92 Å². The minimum Gasteiger partial charge on any atom is -0.399 e. The smallest absolute Gasteiger partial charge is 0.133 e. The maximum atomic E-state index is 5.81. The number of nitrogens with two attached hydrogens (primary N) is 1. The molecule has 0 spiro atoms. The number of nitrogen functional groups attached to an aromatic ring is 1. The van der Waals surface area contributed by atoms with E-state index in [1.807, 2.05) is 17.8 Å². The first-order chi connectivity index (χ1) is 7.24. The third kappa shape index (κ3) is 3.18. The van der Waals surface area contributed by atoms with Crippen LogP contribution in [-0.2, 0) is 0 Å². The van der Waals surface area contributed by atoms with Gasteiger partial charge in [-0.05, 0) is 29.9 Å². The molecule has 2 rings (SSSR count). The van der Waals surface area contributed by atoms with Gasteiger partial charge in [0.15, 0.2) is 0 Å². The summed E-state index contributed by atoms with van der Waals surface area (Å²) in [5.74, 6) is 4.04. The fourth-order valence-electron chi connectivity index (χ4n) is 1.60. The zero-order valence-electron chi connectivity index (χ0n) is 8.37. The Hall–Kier alpha value is -0.610. The topological polar surface area (TPSA) is 50.9 Å². The van der Waals surface area contributed by atoms with Gasteiger partial charge in [0.1, 0.15) is 11.0 Å². The summed E-state index contributed by atoms with van der Waals surface area (Å²) in [5.41, 5.74) is 6.33. The standard InChI is InChI=1S/C10H14ClN3S/c11-9-3-8(12)4-10(14-9)13-5-7-1-2-15-6-7/h3-4,7H,1-2,5-6H2,(H3,12,13,14). The van der Waals surface area contributed by atoms with Crippen molar-refractivity contribution in [1.82, 2.24) is 4.98 Å². The summed E-state index contributed by atoms with van der Waals surface area (Å²) in [5, 5.41) is 3.72. The van der Waals surface area contributed by atoms with Crippen molar-refractivity contribution >= 4 is 34.9 Å². The van der Waals surface area contributed by atoms with Gasteiger partial charge in [-0.3, -0.25) is 0 Å². The van der Waals surface area contributed by atoms with E-state index in [1.165, 1.54) is 17.9 Å². The first-order valence-electron chi connectivity index (χ1n) is 4.99. The second-order valence-corrected chi connectivity index (χ2v) is 5.26. The third-order valence-corrected chi connectivity index (χ3v) is 3.84. The second kappa shape index (κ2) is 4.94. The van der Waals surface area contributed by atoms with Crippen molar-refractivity contribution in [1.29, 1.82) is 0 Å². The molecule has 3 N–H and O–H groups in total. The highest BCUT2D eigenvalue weighted by Crippen LogP contribution is 2.24. The highest BCUT2D eigenvalue weighted by molar-refractivity contribution is 7.99. The number of anilines is 2. The highest BCUT2D eigenvalue weighted by atomic mass is 35.5. The summed E-state index contributed by atoms with van der Waals surface area (Å²) in [7, 11) is 0. The summed E-state index contributed by atoms with van der Waals surface area (Å²) in [6.07, 6.45) is 1.29. The molecular weight excluding hydrogens is 230 g/mol. The van der Waals surface area contributed by atoms with E-state index in [0.717, 1.165) is 18.3 Å². The Morgan fingerprint density at radius 1 is 1.60 bits per heavy atom. The third-order valence-electron chi connectivity index (χ3n) is 2.41. The number of halogens is 1. The summed E-state index contributed by atoms with van der Waals surface area (Å²) >= 11 is 7.82. The average molecular weight is 244 g/mol. The fraction of sp³-hybridized carbons (Fsp3) is 0.500. The van der Waals surface area contributed by atoms with Gasteiger partial charge in [-0.25, -0.2) is 4.98 Å². The molecule has 2 heterocycles. The monoisotopic (exact) mass is 243 g/mol. The van der Waals surface area contributed by atoms with Crippen LogP contribution < -0.4 is 11.1 Å². The SMILES string of the molecule is Nc1cc(Cl)nc(NCC2CCSC2)c1. The van der Waals surface area contributed by atoms with Crippen LogP contribution in [0.15, 0.2) is 12.1 Å². The summed E-state index contributed by atoms with van der Waals surface area (Å²) < 4.78 is 0. The van der Waals surface area contributed by atoms with Gasteiger partial charge in [0.05, 0.1) is 0 Å². The van der Waals surface area contributed by atoms with E-state index >= 15 is 0 Å². The Morgan fingerprint density at radius 2 is 2.47 bits per heavy atom. The number of pyridine rings is 1. The first-order valence-corrected chi connectivity index (χ1v) is 6.52. The minimum absolute atomic E-state index is 0.443. The second-order valence-electron chi connectivity index (χ2n) is 3.72. The molecule has 1 aromatic rings. The zero-order valence-corrected chi connectivity index (χ0v) is 9.94. The van der Waals surface area contributed by atoms with Gasteiger partial charge in [-0.2, -0.15) is 11.8 Å². The Balaban J connectivity index is 1.92. The van der Waals surface area contributed by atoms with Crippen LogP contribution in [0.3, 0.4) is 0 Å². The Morgan fingerprint density at radius 3 is 3.13 bits per heavy atom. The van der Waals surface area contributed by atoms with Crippen LogP contribution in [0, 0.1) is 5.92 Å². The number of hydrogen-bond donors (Lipinski definition) is 2. The molecule has 1 atom stereocenters. The number of hydrogen-bond acceptors (Lipinski definition) is 4. The number of thioether (sulfide) groups is 1. The van der Waals surface area contributed by atoms with Crippen molar-refractivity contribution in [3.8, 4) is 0 Å². The lowest BCUT2D eigenvalue weighted by molar-refractivity contribution is 0.630. The van der Waals surface area contributed by atoms with E-state index in [0.29, 0.717) is 10.8 Å². The number of rotatable bonds is 3. The van der Waals surface area contributed by atoms with Gasteiger partial charge in [0.2, 0.25) is 0 Å². The van der Waals surface area contributed by atoms with Crippen LogP contribution in [0.1, 0.15) is 6.42 Å². The molecule has 0 radical (unpaired) electrons. The number of aromatic nitrogens is 1. The van der Waals surface area contributed by atoms with Crippen molar-refractivity contribution in [3.63, 3.8) is 0 Å². The van der Waals surface area contributed by atoms with Gasteiger partial charge in [-0.15, -0.1) is 0 Å². The highest BCUT2D eigenvalue weighted by Gasteiger charge is 2.15. The predicted molar refractivity (Wildman–Crippen MR) is 67.6 cm³/mol. The lowest BCUT2D eigenvalue weighted by atomic mass is 10.1. The maximum Gasteiger partial charge on any atom is 0.133 e. The molecule has 1 unspecified atom stereocenters. The number of nitrogens with one attached hydrogen (secondary N) is 1. The molecule has 1 fully saturated rings.